The van der Waals surface area contributed by atoms with E-state index in [1.807, 2.05) is 0 Å². The SMILES string of the molecule is CCNC(C)CC(C)c1ccc(OC2CC2)cc1. The number of hydrogen-bond donors (Lipinski definition) is 1. The van der Waals surface area contributed by atoms with E-state index in [9.17, 15) is 0 Å². The summed E-state index contributed by atoms with van der Waals surface area (Å²) in [5, 5.41) is 3.47. The highest BCUT2D eigenvalue weighted by Gasteiger charge is 2.23. The van der Waals surface area contributed by atoms with Crippen LogP contribution >= 0.6 is 0 Å². The van der Waals surface area contributed by atoms with Crippen LogP contribution in [-0.2, 0) is 0 Å². The van der Waals surface area contributed by atoms with Crippen molar-refractivity contribution in [2.24, 2.45) is 0 Å². The van der Waals surface area contributed by atoms with Crippen molar-refractivity contribution in [1.82, 2.24) is 5.32 Å². The second-order valence-corrected chi connectivity index (χ2v) is 5.48. The summed E-state index contributed by atoms with van der Waals surface area (Å²) >= 11 is 0. The Morgan fingerprint density at radius 1 is 1.22 bits per heavy atom. The Bertz CT molecular complexity index is 356. The van der Waals surface area contributed by atoms with Crippen LogP contribution < -0.4 is 10.1 Å². The largest absolute Gasteiger partial charge is 0.490 e. The summed E-state index contributed by atoms with van der Waals surface area (Å²) in [7, 11) is 0. The van der Waals surface area contributed by atoms with E-state index in [1.54, 1.807) is 0 Å². The van der Waals surface area contributed by atoms with Crippen LogP contribution in [0.25, 0.3) is 0 Å². The third-order valence-corrected chi connectivity index (χ3v) is 3.54. The van der Waals surface area contributed by atoms with E-state index in [0.29, 0.717) is 18.1 Å². The molecule has 0 radical (unpaired) electrons. The average molecular weight is 247 g/mol. The quantitative estimate of drug-likeness (QED) is 0.793. The van der Waals surface area contributed by atoms with Gasteiger partial charge in [-0.25, -0.2) is 0 Å². The highest BCUT2D eigenvalue weighted by atomic mass is 16.5. The number of nitrogens with one attached hydrogen (secondary N) is 1. The Balaban J connectivity index is 1.86. The van der Waals surface area contributed by atoms with Gasteiger partial charge in [0.05, 0.1) is 6.10 Å². The summed E-state index contributed by atoms with van der Waals surface area (Å²) in [5.41, 5.74) is 1.41. The minimum absolute atomic E-state index is 0.488. The zero-order chi connectivity index (χ0) is 13.0. The van der Waals surface area contributed by atoms with Gasteiger partial charge in [-0.15, -0.1) is 0 Å². The van der Waals surface area contributed by atoms with E-state index >= 15 is 0 Å². The Morgan fingerprint density at radius 2 is 1.89 bits per heavy atom. The molecule has 0 amide bonds. The van der Waals surface area contributed by atoms with E-state index in [1.165, 1.54) is 24.8 Å². The zero-order valence-corrected chi connectivity index (χ0v) is 11.8. The van der Waals surface area contributed by atoms with Crippen LogP contribution in [0.4, 0.5) is 0 Å². The molecule has 2 heteroatoms. The van der Waals surface area contributed by atoms with Gasteiger partial charge in [0.2, 0.25) is 0 Å². The monoisotopic (exact) mass is 247 g/mol. The molecule has 0 saturated heterocycles. The summed E-state index contributed by atoms with van der Waals surface area (Å²) in [6, 6.07) is 9.22. The molecule has 1 saturated carbocycles. The molecule has 0 aliphatic heterocycles. The Kier molecular flexibility index (Phi) is 4.65. The smallest absolute Gasteiger partial charge is 0.119 e. The minimum Gasteiger partial charge on any atom is -0.490 e. The summed E-state index contributed by atoms with van der Waals surface area (Å²) in [6.45, 7) is 7.75. The molecule has 100 valence electrons. The fraction of sp³-hybridized carbons (Fsp3) is 0.625. The van der Waals surface area contributed by atoms with Crippen molar-refractivity contribution in [3.8, 4) is 5.75 Å². The maximum Gasteiger partial charge on any atom is 0.119 e. The van der Waals surface area contributed by atoms with Gasteiger partial charge in [0.15, 0.2) is 0 Å². The van der Waals surface area contributed by atoms with Crippen LogP contribution in [0.3, 0.4) is 0 Å². The minimum atomic E-state index is 0.488. The zero-order valence-electron chi connectivity index (χ0n) is 11.8. The maximum atomic E-state index is 5.77. The molecule has 2 unspecified atom stereocenters. The number of rotatable bonds is 7. The van der Waals surface area contributed by atoms with Gasteiger partial charge in [0.25, 0.3) is 0 Å². The molecule has 1 aromatic carbocycles. The molecule has 1 N–H and O–H groups in total. The third kappa shape index (κ3) is 4.02. The van der Waals surface area contributed by atoms with Crippen molar-refractivity contribution in [2.75, 3.05) is 6.54 Å². The van der Waals surface area contributed by atoms with Crippen molar-refractivity contribution in [3.05, 3.63) is 29.8 Å². The van der Waals surface area contributed by atoms with Crippen LogP contribution in [0.2, 0.25) is 0 Å². The van der Waals surface area contributed by atoms with Crippen LogP contribution in [-0.4, -0.2) is 18.7 Å². The fourth-order valence-electron chi connectivity index (χ4n) is 2.35. The molecular formula is C16H25NO. The predicted octanol–water partition coefficient (Wildman–Crippen LogP) is 3.72. The Hall–Kier alpha value is -1.02. The van der Waals surface area contributed by atoms with E-state index in [-0.39, 0.29) is 0 Å². The van der Waals surface area contributed by atoms with Crippen LogP contribution in [0.1, 0.15) is 51.5 Å². The first-order valence-electron chi connectivity index (χ1n) is 7.19. The van der Waals surface area contributed by atoms with Gasteiger partial charge in [-0.05, 0) is 56.3 Å². The number of ether oxygens (including phenoxy) is 1. The van der Waals surface area contributed by atoms with Gasteiger partial charge in [0.1, 0.15) is 5.75 Å². The standard InChI is InChI=1S/C16H25NO/c1-4-17-13(3)11-12(2)14-5-7-15(8-6-14)18-16-9-10-16/h5-8,12-13,16-17H,4,9-11H2,1-3H3. The Morgan fingerprint density at radius 3 is 2.44 bits per heavy atom. The van der Waals surface area contributed by atoms with Gasteiger partial charge < -0.3 is 10.1 Å². The van der Waals surface area contributed by atoms with E-state index in [2.05, 4.69) is 50.4 Å². The van der Waals surface area contributed by atoms with Crippen LogP contribution in [0, 0.1) is 0 Å². The van der Waals surface area contributed by atoms with E-state index < -0.39 is 0 Å². The molecule has 1 fully saturated rings. The van der Waals surface area contributed by atoms with Gasteiger partial charge in [0, 0.05) is 6.04 Å². The lowest BCUT2D eigenvalue weighted by atomic mass is 9.94. The first-order valence-corrected chi connectivity index (χ1v) is 7.19. The Labute approximate surface area is 111 Å². The molecule has 0 bridgehead atoms. The maximum absolute atomic E-state index is 5.77. The summed E-state index contributed by atoms with van der Waals surface area (Å²) < 4.78 is 5.77. The predicted molar refractivity (Wildman–Crippen MR) is 76.3 cm³/mol. The first-order chi connectivity index (χ1) is 8.69. The third-order valence-electron chi connectivity index (χ3n) is 3.54. The van der Waals surface area contributed by atoms with Gasteiger partial charge in [-0.1, -0.05) is 26.0 Å². The second kappa shape index (κ2) is 6.24. The van der Waals surface area contributed by atoms with Gasteiger partial charge in [-0.3, -0.25) is 0 Å². The lowest BCUT2D eigenvalue weighted by molar-refractivity contribution is 0.303. The number of hydrogen-bond acceptors (Lipinski definition) is 2. The molecule has 0 spiro atoms. The van der Waals surface area contributed by atoms with Crippen LogP contribution in [0.5, 0.6) is 5.75 Å². The second-order valence-electron chi connectivity index (χ2n) is 5.48. The van der Waals surface area contributed by atoms with Crippen molar-refractivity contribution in [3.63, 3.8) is 0 Å². The molecule has 2 rings (SSSR count). The molecule has 2 atom stereocenters. The molecule has 1 aromatic rings. The molecule has 18 heavy (non-hydrogen) atoms. The highest BCUT2D eigenvalue weighted by molar-refractivity contribution is 5.29. The molecule has 1 aliphatic carbocycles. The van der Waals surface area contributed by atoms with Crippen molar-refractivity contribution < 1.29 is 4.74 Å². The lowest BCUT2D eigenvalue weighted by Crippen LogP contribution is -2.26. The van der Waals surface area contributed by atoms with Gasteiger partial charge in [-0.2, -0.15) is 0 Å². The van der Waals surface area contributed by atoms with Crippen molar-refractivity contribution >= 4 is 0 Å². The van der Waals surface area contributed by atoms with Crippen molar-refractivity contribution in [2.45, 2.75) is 58.1 Å². The highest BCUT2D eigenvalue weighted by Crippen LogP contribution is 2.28. The topological polar surface area (TPSA) is 21.3 Å². The van der Waals surface area contributed by atoms with Crippen molar-refractivity contribution in [1.29, 1.82) is 0 Å². The molecule has 0 heterocycles. The summed E-state index contributed by atoms with van der Waals surface area (Å²) in [4.78, 5) is 0. The summed E-state index contributed by atoms with van der Waals surface area (Å²) in [5.74, 6) is 1.61. The average Bonchev–Trinajstić information content (AvgIpc) is 3.14. The number of benzene rings is 1. The molecule has 1 aliphatic rings. The summed E-state index contributed by atoms with van der Waals surface area (Å²) in [6.07, 6.45) is 4.11. The fourth-order valence-corrected chi connectivity index (χ4v) is 2.35. The van der Waals surface area contributed by atoms with Crippen LogP contribution in [0.15, 0.2) is 24.3 Å². The first kappa shape index (κ1) is 13.4. The van der Waals surface area contributed by atoms with Gasteiger partial charge >= 0.3 is 0 Å². The molecule has 2 nitrogen and oxygen atoms in total. The van der Waals surface area contributed by atoms with E-state index in [0.717, 1.165) is 12.3 Å². The lowest BCUT2D eigenvalue weighted by Gasteiger charge is -2.18. The normalized spacial score (nSPS) is 18.4. The molecular weight excluding hydrogens is 222 g/mol. The molecule has 0 aromatic heterocycles. The van der Waals surface area contributed by atoms with E-state index in [4.69, 9.17) is 4.74 Å².